The summed E-state index contributed by atoms with van der Waals surface area (Å²) in [6, 6.07) is 4.36. The van der Waals surface area contributed by atoms with Gasteiger partial charge in [-0.05, 0) is 43.8 Å². The highest BCUT2D eigenvalue weighted by molar-refractivity contribution is 7.10. The van der Waals surface area contributed by atoms with Crippen molar-refractivity contribution in [2.45, 2.75) is 37.8 Å². The molecule has 1 aliphatic heterocycles. The molecule has 3 N–H and O–H groups in total. The maximum atomic E-state index is 11.0. The van der Waals surface area contributed by atoms with E-state index in [9.17, 15) is 4.79 Å². The quantitative estimate of drug-likeness (QED) is 0.764. The second-order valence-corrected chi connectivity index (χ2v) is 5.69. The third kappa shape index (κ3) is 4.08. The van der Waals surface area contributed by atoms with Gasteiger partial charge in [-0.1, -0.05) is 6.07 Å². The van der Waals surface area contributed by atoms with Gasteiger partial charge in [0.05, 0.1) is 12.5 Å². The molecule has 1 saturated heterocycles. The van der Waals surface area contributed by atoms with Crippen LogP contribution in [-0.4, -0.2) is 30.2 Å². The molecule has 0 bridgehead atoms. The maximum absolute atomic E-state index is 11.0. The first-order valence-corrected chi connectivity index (χ1v) is 7.35. The molecule has 0 saturated carbocycles. The van der Waals surface area contributed by atoms with E-state index in [1.165, 1.54) is 0 Å². The molecular weight excluding hydrogens is 248 g/mol. The Bertz CT molecular complexity index is 359. The largest absolute Gasteiger partial charge is 0.481 e. The summed E-state index contributed by atoms with van der Waals surface area (Å²) in [6.45, 7) is 2.09. The molecule has 0 aliphatic carbocycles. The smallest absolute Gasteiger partial charge is 0.305 e. The van der Waals surface area contributed by atoms with Crippen LogP contribution in [0.3, 0.4) is 0 Å². The SMILES string of the molecule is O=C(O)CC(NC1CCCNCC1)c1cccs1. The summed E-state index contributed by atoms with van der Waals surface area (Å²) in [5, 5.41) is 17.9. The lowest BCUT2D eigenvalue weighted by molar-refractivity contribution is -0.137. The molecule has 1 fully saturated rings. The molecule has 1 aliphatic rings. The van der Waals surface area contributed by atoms with E-state index in [0.717, 1.165) is 37.2 Å². The summed E-state index contributed by atoms with van der Waals surface area (Å²) in [6.07, 6.45) is 3.50. The molecule has 1 aromatic rings. The van der Waals surface area contributed by atoms with Crippen LogP contribution >= 0.6 is 11.3 Å². The Balaban J connectivity index is 1.97. The molecule has 100 valence electrons. The molecule has 18 heavy (non-hydrogen) atoms. The number of nitrogens with one attached hydrogen (secondary N) is 2. The molecule has 5 heteroatoms. The zero-order valence-corrected chi connectivity index (χ0v) is 11.2. The molecule has 2 unspecified atom stereocenters. The lowest BCUT2D eigenvalue weighted by atomic mass is 10.1. The van der Waals surface area contributed by atoms with Crippen LogP contribution in [0.2, 0.25) is 0 Å². The van der Waals surface area contributed by atoms with Crippen molar-refractivity contribution < 1.29 is 9.90 Å². The third-order valence-electron chi connectivity index (χ3n) is 3.28. The van der Waals surface area contributed by atoms with Crippen molar-refractivity contribution in [3.05, 3.63) is 22.4 Å². The minimum absolute atomic E-state index is 0.0504. The molecular formula is C13H20N2O2S. The second kappa shape index (κ2) is 6.87. The van der Waals surface area contributed by atoms with Gasteiger partial charge in [-0.25, -0.2) is 0 Å². The van der Waals surface area contributed by atoms with Crippen LogP contribution in [0, 0.1) is 0 Å². The third-order valence-corrected chi connectivity index (χ3v) is 4.26. The highest BCUT2D eigenvalue weighted by Crippen LogP contribution is 2.24. The van der Waals surface area contributed by atoms with E-state index in [4.69, 9.17) is 5.11 Å². The van der Waals surface area contributed by atoms with E-state index in [2.05, 4.69) is 10.6 Å². The zero-order valence-electron chi connectivity index (χ0n) is 10.4. The van der Waals surface area contributed by atoms with Gasteiger partial charge in [0.25, 0.3) is 0 Å². The minimum atomic E-state index is -0.743. The van der Waals surface area contributed by atoms with Crippen molar-refractivity contribution in [1.29, 1.82) is 0 Å². The number of rotatable bonds is 5. The van der Waals surface area contributed by atoms with Crippen LogP contribution in [0.25, 0.3) is 0 Å². The summed E-state index contributed by atoms with van der Waals surface area (Å²) < 4.78 is 0. The van der Waals surface area contributed by atoms with Crippen molar-refractivity contribution in [2.75, 3.05) is 13.1 Å². The fourth-order valence-electron chi connectivity index (χ4n) is 2.38. The molecule has 2 atom stereocenters. The van der Waals surface area contributed by atoms with Crippen LogP contribution < -0.4 is 10.6 Å². The second-order valence-electron chi connectivity index (χ2n) is 4.71. The first kappa shape index (κ1) is 13.5. The molecule has 1 aromatic heterocycles. The Morgan fingerprint density at radius 1 is 1.56 bits per heavy atom. The number of carboxylic acids is 1. The van der Waals surface area contributed by atoms with Crippen LogP contribution in [-0.2, 0) is 4.79 Å². The molecule has 0 spiro atoms. The number of hydrogen-bond acceptors (Lipinski definition) is 4. The summed E-state index contributed by atoms with van der Waals surface area (Å²) in [5.74, 6) is -0.743. The number of carbonyl (C=O) groups is 1. The van der Waals surface area contributed by atoms with Gasteiger partial charge in [0, 0.05) is 10.9 Å². The van der Waals surface area contributed by atoms with Gasteiger partial charge in [0.1, 0.15) is 0 Å². The van der Waals surface area contributed by atoms with E-state index >= 15 is 0 Å². The van der Waals surface area contributed by atoms with Crippen LogP contribution in [0.4, 0.5) is 0 Å². The van der Waals surface area contributed by atoms with Gasteiger partial charge in [-0.15, -0.1) is 11.3 Å². The highest BCUT2D eigenvalue weighted by atomic mass is 32.1. The van der Waals surface area contributed by atoms with Crippen molar-refractivity contribution in [3.63, 3.8) is 0 Å². The van der Waals surface area contributed by atoms with Crippen LogP contribution in [0.5, 0.6) is 0 Å². The fraction of sp³-hybridized carbons (Fsp3) is 0.615. The number of aliphatic carboxylic acids is 1. The van der Waals surface area contributed by atoms with Crippen LogP contribution in [0.1, 0.15) is 36.6 Å². The standard InChI is InChI=1S/C13H20N2O2S/c16-13(17)9-11(12-4-2-8-18-12)15-10-3-1-6-14-7-5-10/h2,4,8,10-11,14-15H,1,3,5-7,9H2,(H,16,17). The first-order valence-electron chi connectivity index (χ1n) is 6.47. The van der Waals surface area contributed by atoms with E-state index in [1.807, 2.05) is 17.5 Å². The topological polar surface area (TPSA) is 61.4 Å². The Kier molecular flexibility index (Phi) is 5.16. The Labute approximate surface area is 111 Å². The fourth-order valence-corrected chi connectivity index (χ4v) is 3.16. The molecule has 2 rings (SSSR count). The van der Waals surface area contributed by atoms with Crippen molar-refractivity contribution in [2.24, 2.45) is 0 Å². The average Bonchev–Trinajstić information content (AvgIpc) is 2.74. The summed E-state index contributed by atoms with van der Waals surface area (Å²) in [7, 11) is 0. The van der Waals surface area contributed by atoms with Crippen molar-refractivity contribution in [3.8, 4) is 0 Å². The number of carboxylic acid groups (broad SMARTS) is 1. The molecule has 2 heterocycles. The Morgan fingerprint density at radius 2 is 2.44 bits per heavy atom. The number of thiophene rings is 1. The Hall–Kier alpha value is -0.910. The predicted molar refractivity (Wildman–Crippen MR) is 73.0 cm³/mol. The van der Waals surface area contributed by atoms with Gasteiger partial charge in [-0.2, -0.15) is 0 Å². The van der Waals surface area contributed by atoms with Gasteiger partial charge in [0.15, 0.2) is 0 Å². The van der Waals surface area contributed by atoms with E-state index < -0.39 is 5.97 Å². The summed E-state index contributed by atoms with van der Waals surface area (Å²) in [4.78, 5) is 12.1. The lowest BCUT2D eigenvalue weighted by Crippen LogP contribution is -2.34. The normalized spacial score (nSPS) is 22.3. The average molecular weight is 268 g/mol. The summed E-state index contributed by atoms with van der Waals surface area (Å²) >= 11 is 1.63. The van der Waals surface area contributed by atoms with Crippen LogP contribution in [0.15, 0.2) is 17.5 Å². The highest BCUT2D eigenvalue weighted by Gasteiger charge is 2.21. The number of hydrogen-bond donors (Lipinski definition) is 3. The Morgan fingerprint density at radius 3 is 3.17 bits per heavy atom. The van der Waals surface area contributed by atoms with Gasteiger partial charge >= 0.3 is 5.97 Å². The monoisotopic (exact) mass is 268 g/mol. The van der Waals surface area contributed by atoms with Gasteiger partial charge in [0.2, 0.25) is 0 Å². The maximum Gasteiger partial charge on any atom is 0.305 e. The molecule has 4 nitrogen and oxygen atoms in total. The van der Waals surface area contributed by atoms with Crippen molar-refractivity contribution in [1.82, 2.24) is 10.6 Å². The van der Waals surface area contributed by atoms with E-state index in [-0.39, 0.29) is 12.5 Å². The minimum Gasteiger partial charge on any atom is -0.481 e. The first-order chi connectivity index (χ1) is 8.75. The molecule has 0 amide bonds. The summed E-state index contributed by atoms with van der Waals surface area (Å²) in [5.41, 5.74) is 0. The van der Waals surface area contributed by atoms with E-state index in [1.54, 1.807) is 11.3 Å². The lowest BCUT2D eigenvalue weighted by Gasteiger charge is -2.23. The van der Waals surface area contributed by atoms with Gasteiger partial charge < -0.3 is 15.7 Å². The van der Waals surface area contributed by atoms with Crippen molar-refractivity contribution >= 4 is 17.3 Å². The van der Waals surface area contributed by atoms with Gasteiger partial charge in [-0.3, -0.25) is 4.79 Å². The molecule has 0 radical (unpaired) electrons. The van der Waals surface area contributed by atoms with E-state index in [0.29, 0.717) is 6.04 Å². The predicted octanol–water partition coefficient (Wildman–Crippen LogP) is 2.00. The molecule has 0 aromatic carbocycles. The zero-order chi connectivity index (χ0) is 12.8.